The molecule has 10 heavy (non-hydrogen) atoms. The highest BCUT2D eigenvalue weighted by atomic mass is 32.1. The lowest BCUT2D eigenvalue weighted by Crippen LogP contribution is -1.87. The van der Waals surface area contributed by atoms with Gasteiger partial charge < -0.3 is 0 Å². The number of rotatable bonds is 1. The van der Waals surface area contributed by atoms with Gasteiger partial charge in [0.15, 0.2) is 0 Å². The molecule has 1 heterocycles. The maximum Gasteiger partial charge on any atom is 0.0401 e. The van der Waals surface area contributed by atoms with Crippen LogP contribution < -0.4 is 0 Å². The van der Waals surface area contributed by atoms with E-state index in [0.717, 1.165) is 4.90 Å². The SMILES string of the molecule is CC(C)c1cncc(S)c1. The van der Waals surface area contributed by atoms with E-state index in [-0.39, 0.29) is 0 Å². The Hall–Kier alpha value is -0.500. The highest BCUT2D eigenvalue weighted by Gasteiger charge is 1.97. The first-order valence-corrected chi connectivity index (χ1v) is 3.79. The van der Waals surface area contributed by atoms with Crippen LogP contribution in [0.4, 0.5) is 0 Å². The Bertz CT molecular complexity index is 220. The minimum Gasteiger partial charge on any atom is -0.263 e. The Morgan fingerprint density at radius 1 is 1.40 bits per heavy atom. The fourth-order valence-corrected chi connectivity index (χ4v) is 0.976. The molecule has 1 aromatic heterocycles. The maximum absolute atomic E-state index is 4.19. The van der Waals surface area contributed by atoms with Crippen LogP contribution in [0.15, 0.2) is 23.4 Å². The van der Waals surface area contributed by atoms with Crippen LogP contribution in [0.25, 0.3) is 0 Å². The van der Waals surface area contributed by atoms with Gasteiger partial charge >= 0.3 is 0 Å². The summed E-state index contributed by atoms with van der Waals surface area (Å²) in [4.78, 5) is 4.97. The number of hydrogen-bond acceptors (Lipinski definition) is 2. The van der Waals surface area contributed by atoms with Crippen molar-refractivity contribution < 1.29 is 0 Å². The molecule has 54 valence electrons. The highest BCUT2D eigenvalue weighted by Crippen LogP contribution is 2.15. The Morgan fingerprint density at radius 2 is 2.10 bits per heavy atom. The van der Waals surface area contributed by atoms with Gasteiger partial charge in [0.1, 0.15) is 0 Å². The first kappa shape index (κ1) is 7.61. The van der Waals surface area contributed by atoms with Crippen LogP contribution in [0, 0.1) is 0 Å². The Kier molecular flexibility index (Phi) is 2.33. The van der Waals surface area contributed by atoms with E-state index in [4.69, 9.17) is 0 Å². The van der Waals surface area contributed by atoms with Crippen LogP contribution >= 0.6 is 12.6 Å². The third-order valence-electron chi connectivity index (χ3n) is 1.41. The molecule has 2 heteroatoms. The summed E-state index contributed by atoms with van der Waals surface area (Å²) in [6, 6.07) is 2.04. The van der Waals surface area contributed by atoms with Crippen LogP contribution in [0.1, 0.15) is 25.3 Å². The van der Waals surface area contributed by atoms with Crippen LogP contribution in [-0.2, 0) is 0 Å². The zero-order chi connectivity index (χ0) is 7.56. The molecule has 1 rings (SSSR count). The van der Waals surface area contributed by atoms with Gasteiger partial charge in [0.2, 0.25) is 0 Å². The average Bonchev–Trinajstić information content (AvgIpc) is 1.88. The fourth-order valence-electron chi connectivity index (χ4n) is 0.761. The molecule has 0 aliphatic carbocycles. The number of thiol groups is 1. The summed E-state index contributed by atoms with van der Waals surface area (Å²) in [5, 5.41) is 0. The summed E-state index contributed by atoms with van der Waals surface area (Å²) in [6.07, 6.45) is 3.62. The summed E-state index contributed by atoms with van der Waals surface area (Å²) in [5.41, 5.74) is 1.24. The quantitative estimate of drug-likeness (QED) is 0.612. The third-order valence-corrected chi connectivity index (χ3v) is 1.66. The van der Waals surface area contributed by atoms with E-state index < -0.39 is 0 Å². The molecule has 0 spiro atoms. The van der Waals surface area contributed by atoms with Gasteiger partial charge in [-0.05, 0) is 17.5 Å². The van der Waals surface area contributed by atoms with Crippen molar-refractivity contribution in [1.82, 2.24) is 4.98 Å². The Labute approximate surface area is 66.9 Å². The Balaban J connectivity index is 2.96. The second kappa shape index (κ2) is 3.06. The number of hydrogen-bond donors (Lipinski definition) is 1. The van der Waals surface area contributed by atoms with Gasteiger partial charge in [0.05, 0.1) is 0 Å². The van der Waals surface area contributed by atoms with E-state index in [9.17, 15) is 0 Å². The number of aromatic nitrogens is 1. The molecule has 1 aromatic rings. The molecule has 0 fully saturated rings. The van der Waals surface area contributed by atoms with E-state index in [1.54, 1.807) is 6.20 Å². The van der Waals surface area contributed by atoms with Crippen molar-refractivity contribution in [3.63, 3.8) is 0 Å². The standard InChI is InChI=1S/C8H11NS/c1-6(2)7-3-8(10)5-9-4-7/h3-6,10H,1-2H3. The first-order valence-electron chi connectivity index (χ1n) is 3.34. The van der Waals surface area contributed by atoms with Crippen LogP contribution in [0.5, 0.6) is 0 Å². The molecular weight excluding hydrogens is 142 g/mol. The zero-order valence-corrected chi connectivity index (χ0v) is 7.10. The maximum atomic E-state index is 4.19. The van der Waals surface area contributed by atoms with Crippen molar-refractivity contribution in [2.24, 2.45) is 0 Å². The molecule has 0 bridgehead atoms. The average molecular weight is 153 g/mol. The normalized spacial score (nSPS) is 10.4. The van der Waals surface area contributed by atoms with Crippen LogP contribution in [-0.4, -0.2) is 4.98 Å². The molecule has 0 radical (unpaired) electrons. The minimum atomic E-state index is 0.541. The third kappa shape index (κ3) is 1.74. The van der Waals surface area contributed by atoms with Gasteiger partial charge in [0.25, 0.3) is 0 Å². The lowest BCUT2D eigenvalue weighted by molar-refractivity contribution is 0.852. The Morgan fingerprint density at radius 3 is 2.50 bits per heavy atom. The lowest BCUT2D eigenvalue weighted by Gasteiger charge is -2.03. The van der Waals surface area contributed by atoms with Crippen molar-refractivity contribution in [2.45, 2.75) is 24.7 Å². The summed E-state index contributed by atoms with van der Waals surface area (Å²) in [5.74, 6) is 0.541. The van der Waals surface area contributed by atoms with Crippen molar-refractivity contribution in [3.05, 3.63) is 24.0 Å². The highest BCUT2D eigenvalue weighted by molar-refractivity contribution is 7.80. The van der Waals surface area contributed by atoms with Crippen LogP contribution in [0.2, 0.25) is 0 Å². The van der Waals surface area contributed by atoms with E-state index in [2.05, 4.69) is 31.5 Å². The molecule has 0 saturated carbocycles. The second-order valence-electron chi connectivity index (χ2n) is 2.63. The molecule has 0 aromatic carbocycles. The summed E-state index contributed by atoms with van der Waals surface area (Å²) >= 11 is 4.19. The minimum absolute atomic E-state index is 0.541. The molecule has 0 unspecified atom stereocenters. The van der Waals surface area contributed by atoms with E-state index in [1.807, 2.05) is 12.3 Å². The van der Waals surface area contributed by atoms with Crippen molar-refractivity contribution in [1.29, 1.82) is 0 Å². The topological polar surface area (TPSA) is 12.9 Å². The van der Waals surface area contributed by atoms with Crippen molar-refractivity contribution in [2.75, 3.05) is 0 Å². The number of pyridine rings is 1. The largest absolute Gasteiger partial charge is 0.263 e. The van der Waals surface area contributed by atoms with E-state index in [1.165, 1.54) is 5.56 Å². The molecule has 0 amide bonds. The van der Waals surface area contributed by atoms with E-state index in [0.29, 0.717) is 5.92 Å². The van der Waals surface area contributed by atoms with Crippen LogP contribution in [0.3, 0.4) is 0 Å². The summed E-state index contributed by atoms with van der Waals surface area (Å²) < 4.78 is 0. The van der Waals surface area contributed by atoms with Crippen molar-refractivity contribution in [3.8, 4) is 0 Å². The molecule has 0 N–H and O–H groups in total. The number of nitrogens with zero attached hydrogens (tertiary/aromatic N) is 1. The predicted octanol–water partition coefficient (Wildman–Crippen LogP) is 2.49. The van der Waals surface area contributed by atoms with Gasteiger partial charge in [-0.15, -0.1) is 12.6 Å². The molecule has 1 nitrogen and oxygen atoms in total. The molecule has 0 aliphatic heterocycles. The van der Waals surface area contributed by atoms with Gasteiger partial charge in [-0.3, -0.25) is 4.98 Å². The predicted molar refractivity (Wildman–Crippen MR) is 45.6 cm³/mol. The molecule has 0 saturated heterocycles. The van der Waals surface area contributed by atoms with Gasteiger partial charge in [0, 0.05) is 17.3 Å². The fraction of sp³-hybridized carbons (Fsp3) is 0.375. The molecule has 0 aliphatic rings. The first-order chi connectivity index (χ1) is 4.70. The van der Waals surface area contributed by atoms with E-state index >= 15 is 0 Å². The summed E-state index contributed by atoms with van der Waals surface area (Å²) in [6.45, 7) is 4.29. The monoisotopic (exact) mass is 153 g/mol. The molecular formula is C8H11NS. The molecule has 0 atom stereocenters. The van der Waals surface area contributed by atoms with Crippen molar-refractivity contribution >= 4 is 12.6 Å². The van der Waals surface area contributed by atoms with Gasteiger partial charge in [-0.1, -0.05) is 13.8 Å². The smallest absolute Gasteiger partial charge is 0.0401 e. The van der Waals surface area contributed by atoms with Gasteiger partial charge in [-0.2, -0.15) is 0 Å². The van der Waals surface area contributed by atoms with Gasteiger partial charge in [-0.25, -0.2) is 0 Å². The lowest BCUT2D eigenvalue weighted by atomic mass is 10.1. The second-order valence-corrected chi connectivity index (χ2v) is 3.15. The zero-order valence-electron chi connectivity index (χ0n) is 6.20. The summed E-state index contributed by atoms with van der Waals surface area (Å²) in [7, 11) is 0.